The summed E-state index contributed by atoms with van der Waals surface area (Å²) in [6, 6.07) is 20.2. The Morgan fingerprint density at radius 2 is 1.67 bits per heavy atom. The van der Waals surface area contributed by atoms with Crippen molar-refractivity contribution in [1.29, 1.82) is 0 Å². The molecule has 1 fully saturated rings. The number of carbonyl (C=O) groups is 4. The Labute approximate surface area is 264 Å². The minimum Gasteiger partial charge on any atom is -0.468 e. The van der Waals surface area contributed by atoms with Gasteiger partial charge in [0.25, 0.3) is 5.91 Å². The third kappa shape index (κ3) is 8.60. The Balaban J connectivity index is 1.32. The Hall–Kier alpha value is -4.44. The molecule has 0 saturated heterocycles. The summed E-state index contributed by atoms with van der Waals surface area (Å²) in [5.74, 6) is -2.02. The van der Waals surface area contributed by atoms with Crippen LogP contribution in [0.1, 0.15) is 80.5 Å². The first-order valence-corrected chi connectivity index (χ1v) is 15.6. The Morgan fingerprint density at radius 1 is 0.889 bits per heavy atom. The summed E-state index contributed by atoms with van der Waals surface area (Å²) in [7, 11) is 1.39. The number of hydrogen-bond donors (Lipinski definition) is 3. The first-order valence-electron chi connectivity index (χ1n) is 15.6. The van der Waals surface area contributed by atoms with E-state index in [4.69, 9.17) is 14.0 Å². The highest BCUT2D eigenvalue weighted by Gasteiger charge is 2.52. The molecule has 45 heavy (non-hydrogen) atoms. The molecule has 2 atom stereocenters. The number of esters is 1. The van der Waals surface area contributed by atoms with Gasteiger partial charge in [0.2, 0.25) is 11.8 Å². The quantitative estimate of drug-likeness (QED) is 0.0796. The molecule has 240 valence electrons. The zero-order chi connectivity index (χ0) is 32.2. The maximum Gasteiger partial charge on any atom is 0.316 e. The third-order valence-electron chi connectivity index (χ3n) is 8.34. The van der Waals surface area contributed by atoms with Gasteiger partial charge in [-0.1, -0.05) is 81.6 Å². The number of amides is 3. The maximum absolute atomic E-state index is 13.3. The Kier molecular flexibility index (Phi) is 11.9. The number of unbranched alkanes of at least 4 members (excludes halogenated alkanes) is 2. The van der Waals surface area contributed by atoms with Gasteiger partial charge in [-0.05, 0) is 55.0 Å². The molecule has 4 rings (SSSR count). The number of rotatable bonds is 17. The van der Waals surface area contributed by atoms with Crippen LogP contribution in [0.3, 0.4) is 0 Å². The Bertz CT molecular complexity index is 1450. The highest BCUT2D eigenvalue weighted by Crippen LogP contribution is 2.49. The van der Waals surface area contributed by atoms with Crippen LogP contribution in [0.25, 0.3) is 11.3 Å². The molecule has 3 aromatic rings. The van der Waals surface area contributed by atoms with Crippen LogP contribution in [0.4, 0.5) is 0 Å². The fraction of sp³-hybridized carbons (Fsp3) is 0.429. The van der Waals surface area contributed by atoms with E-state index in [0.29, 0.717) is 18.6 Å². The van der Waals surface area contributed by atoms with Gasteiger partial charge in [0.15, 0.2) is 5.76 Å². The van der Waals surface area contributed by atoms with Crippen LogP contribution < -0.4 is 16.1 Å². The second-order valence-electron chi connectivity index (χ2n) is 11.4. The maximum atomic E-state index is 13.3. The molecule has 0 unspecified atom stereocenters. The molecule has 1 heterocycles. The monoisotopic (exact) mass is 617 g/mol. The normalized spacial score (nSPS) is 14.6. The number of nitrogens with one attached hydrogen (secondary N) is 3. The lowest BCUT2D eigenvalue weighted by Crippen LogP contribution is -2.45. The highest BCUT2D eigenvalue weighted by molar-refractivity contribution is 5.93. The topological polar surface area (TPSA) is 136 Å². The van der Waals surface area contributed by atoms with Gasteiger partial charge in [-0.3, -0.25) is 24.0 Å². The fourth-order valence-electron chi connectivity index (χ4n) is 5.57. The van der Waals surface area contributed by atoms with Crippen molar-refractivity contribution in [3.8, 4) is 11.3 Å². The van der Waals surface area contributed by atoms with Crippen molar-refractivity contribution in [2.75, 3.05) is 13.8 Å². The van der Waals surface area contributed by atoms with E-state index in [1.807, 2.05) is 61.5 Å². The molecule has 0 bridgehead atoms. The van der Waals surface area contributed by atoms with Crippen LogP contribution in [-0.4, -0.2) is 37.5 Å². The molecule has 1 aromatic heterocycles. The van der Waals surface area contributed by atoms with Crippen molar-refractivity contribution >= 4 is 23.7 Å². The van der Waals surface area contributed by atoms with E-state index in [9.17, 15) is 19.2 Å². The van der Waals surface area contributed by atoms with Gasteiger partial charge in [-0.25, -0.2) is 5.48 Å². The van der Waals surface area contributed by atoms with Crippen LogP contribution in [0.5, 0.6) is 0 Å². The summed E-state index contributed by atoms with van der Waals surface area (Å²) >= 11 is 0. The first-order chi connectivity index (χ1) is 21.8. The largest absolute Gasteiger partial charge is 0.468 e. The molecule has 3 amide bonds. The zero-order valence-corrected chi connectivity index (χ0v) is 26.2. The van der Waals surface area contributed by atoms with Crippen molar-refractivity contribution in [3.63, 3.8) is 0 Å². The summed E-state index contributed by atoms with van der Waals surface area (Å²) in [5.41, 5.74) is 4.41. The summed E-state index contributed by atoms with van der Waals surface area (Å²) in [6.45, 7) is 4.04. The van der Waals surface area contributed by atoms with E-state index >= 15 is 0 Å². The first kappa shape index (κ1) is 33.5. The van der Waals surface area contributed by atoms with Gasteiger partial charge in [0.1, 0.15) is 5.76 Å². The van der Waals surface area contributed by atoms with E-state index in [0.717, 1.165) is 48.8 Å². The predicted octanol–water partition coefficient (Wildman–Crippen LogP) is 5.43. The molecule has 1 aliphatic rings. The molecule has 0 radical (unpaired) electrons. The van der Waals surface area contributed by atoms with Crippen LogP contribution >= 0.6 is 0 Å². The smallest absolute Gasteiger partial charge is 0.316 e. The summed E-state index contributed by atoms with van der Waals surface area (Å²) < 4.78 is 10.8. The Morgan fingerprint density at radius 3 is 2.36 bits per heavy atom. The average molecular weight is 618 g/mol. The standard InChI is InChI=1S/C35H43N3O7/c1-4-6-8-16-28(27(5-2)32(40)38-44-22-24-12-9-7-10-13-24)31(39)36-23-37-33(41)30-18-17-29(45-30)25-14-11-15-26(21-25)35(19-20-35)34(42)43-3/h7,9-15,17-18,21,27-28H,4-6,8,16,19-20,22-23H2,1-3H3,(H,36,39)(H,37,41)(H,38,40)/t27-,28-/m1/s1. The van der Waals surface area contributed by atoms with E-state index in [1.165, 1.54) is 7.11 Å². The van der Waals surface area contributed by atoms with Crippen LogP contribution in [0, 0.1) is 11.8 Å². The summed E-state index contributed by atoms with van der Waals surface area (Å²) in [5, 5.41) is 5.44. The van der Waals surface area contributed by atoms with Crippen LogP contribution in [0.15, 0.2) is 71.1 Å². The van der Waals surface area contributed by atoms with Gasteiger partial charge in [0.05, 0.1) is 31.7 Å². The number of methoxy groups -OCH3 is 1. The van der Waals surface area contributed by atoms with Crippen molar-refractivity contribution in [3.05, 3.63) is 83.6 Å². The number of furan rings is 1. The van der Waals surface area contributed by atoms with Gasteiger partial charge in [-0.15, -0.1) is 0 Å². The average Bonchev–Trinajstić information content (AvgIpc) is 3.73. The molecule has 3 N–H and O–H groups in total. The van der Waals surface area contributed by atoms with Crippen molar-refractivity contribution in [2.24, 2.45) is 11.8 Å². The number of benzene rings is 2. The third-order valence-corrected chi connectivity index (χ3v) is 8.34. The number of hydrogen-bond acceptors (Lipinski definition) is 7. The van der Waals surface area contributed by atoms with E-state index in [-0.39, 0.29) is 36.8 Å². The van der Waals surface area contributed by atoms with Gasteiger partial charge >= 0.3 is 5.97 Å². The molecule has 1 aliphatic carbocycles. The second kappa shape index (κ2) is 16.0. The fourth-order valence-corrected chi connectivity index (χ4v) is 5.57. The number of hydroxylamine groups is 1. The molecule has 1 saturated carbocycles. The van der Waals surface area contributed by atoms with Crippen LogP contribution in [-0.2, 0) is 36.0 Å². The zero-order valence-electron chi connectivity index (χ0n) is 26.2. The lowest BCUT2D eigenvalue weighted by molar-refractivity contribution is -0.145. The molecular formula is C35H43N3O7. The second-order valence-corrected chi connectivity index (χ2v) is 11.4. The molecule has 10 heteroatoms. The van der Waals surface area contributed by atoms with E-state index in [2.05, 4.69) is 23.0 Å². The van der Waals surface area contributed by atoms with E-state index < -0.39 is 23.2 Å². The van der Waals surface area contributed by atoms with Gasteiger partial charge < -0.3 is 19.8 Å². The summed E-state index contributed by atoms with van der Waals surface area (Å²) in [6.07, 6.45) is 5.17. The lowest BCUT2D eigenvalue weighted by atomic mass is 9.84. The number of ether oxygens (including phenoxy) is 1. The van der Waals surface area contributed by atoms with Gasteiger partial charge in [0, 0.05) is 11.5 Å². The minimum absolute atomic E-state index is 0.0830. The molecule has 0 spiro atoms. The number of carbonyl (C=O) groups excluding carboxylic acids is 4. The lowest BCUT2D eigenvalue weighted by Gasteiger charge is -2.24. The van der Waals surface area contributed by atoms with E-state index in [1.54, 1.807) is 12.1 Å². The molecule has 2 aromatic carbocycles. The molecular weight excluding hydrogens is 574 g/mol. The van der Waals surface area contributed by atoms with Crippen LogP contribution in [0.2, 0.25) is 0 Å². The summed E-state index contributed by atoms with van der Waals surface area (Å²) in [4.78, 5) is 56.9. The SMILES string of the molecule is CCCCC[C@@H](C(=O)NCNC(=O)c1ccc(-c2cccc(C3(C(=O)OC)CC3)c2)o1)[C@@H](CC)C(=O)NOCc1ccccc1. The molecule has 10 nitrogen and oxygen atoms in total. The minimum atomic E-state index is -0.614. The van der Waals surface area contributed by atoms with Crippen molar-refractivity contribution in [1.82, 2.24) is 16.1 Å². The van der Waals surface area contributed by atoms with Crippen molar-refractivity contribution in [2.45, 2.75) is 70.8 Å². The predicted molar refractivity (Wildman–Crippen MR) is 168 cm³/mol. The molecule has 0 aliphatic heterocycles. The van der Waals surface area contributed by atoms with Crippen molar-refractivity contribution < 1.29 is 33.2 Å². The van der Waals surface area contributed by atoms with Gasteiger partial charge in [-0.2, -0.15) is 0 Å². The highest BCUT2D eigenvalue weighted by atomic mass is 16.6.